The second kappa shape index (κ2) is 7.08. The molecule has 3 aromatic rings. The summed E-state index contributed by atoms with van der Waals surface area (Å²) in [6.45, 7) is 5.64. The van der Waals surface area contributed by atoms with E-state index in [2.05, 4.69) is 10.3 Å². The normalized spacial score (nSPS) is 16.0. The summed E-state index contributed by atoms with van der Waals surface area (Å²) in [6.07, 6.45) is 8.05. The number of nitrogens with zero attached hydrogens (tertiary/aromatic N) is 2. The molecular formula is C21H25N3O2S. The predicted molar refractivity (Wildman–Crippen MR) is 111 cm³/mol. The molecule has 0 aliphatic heterocycles. The highest BCUT2D eigenvalue weighted by Crippen LogP contribution is 2.32. The number of carbonyl (C=O) groups is 1. The summed E-state index contributed by atoms with van der Waals surface area (Å²) in [5.74, 6) is 0.387. The van der Waals surface area contributed by atoms with Crippen molar-refractivity contribution in [3.8, 4) is 0 Å². The van der Waals surface area contributed by atoms with E-state index in [4.69, 9.17) is 9.72 Å². The molecule has 0 saturated heterocycles. The van der Waals surface area contributed by atoms with Gasteiger partial charge < -0.3 is 10.1 Å². The Morgan fingerprint density at radius 2 is 2.00 bits per heavy atom. The van der Waals surface area contributed by atoms with E-state index >= 15 is 0 Å². The minimum atomic E-state index is -0.505. The molecule has 1 saturated carbocycles. The third kappa shape index (κ3) is 4.05. The number of fused-ring (bicyclic) bond motifs is 3. The molecule has 0 amide bonds. The maximum absolute atomic E-state index is 12.4. The van der Waals surface area contributed by atoms with Gasteiger partial charge in [0.25, 0.3) is 0 Å². The van der Waals surface area contributed by atoms with Crippen molar-refractivity contribution in [1.82, 2.24) is 9.97 Å². The number of anilines is 1. The maximum Gasteiger partial charge on any atom is 0.348 e. The van der Waals surface area contributed by atoms with E-state index in [1.165, 1.54) is 43.4 Å². The van der Waals surface area contributed by atoms with Gasteiger partial charge in [-0.2, -0.15) is 0 Å². The van der Waals surface area contributed by atoms with E-state index in [1.54, 1.807) is 0 Å². The van der Waals surface area contributed by atoms with E-state index in [0.29, 0.717) is 16.9 Å². The van der Waals surface area contributed by atoms with Crippen LogP contribution in [0.5, 0.6) is 0 Å². The van der Waals surface area contributed by atoms with Crippen LogP contribution >= 0.6 is 11.3 Å². The number of rotatable bonds is 3. The van der Waals surface area contributed by atoms with Gasteiger partial charge in [-0.1, -0.05) is 19.3 Å². The molecule has 0 radical (unpaired) electrons. The molecule has 1 aliphatic rings. The average molecular weight is 384 g/mol. The van der Waals surface area contributed by atoms with E-state index in [0.717, 1.165) is 21.0 Å². The zero-order valence-corrected chi connectivity index (χ0v) is 16.9. The molecule has 27 heavy (non-hydrogen) atoms. The number of carbonyl (C=O) groups excluding carboxylic acids is 1. The Morgan fingerprint density at radius 1 is 1.22 bits per heavy atom. The van der Waals surface area contributed by atoms with Crippen molar-refractivity contribution in [1.29, 1.82) is 0 Å². The van der Waals surface area contributed by atoms with E-state index in [-0.39, 0.29) is 5.97 Å². The fourth-order valence-electron chi connectivity index (χ4n) is 3.54. The lowest BCUT2D eigenvalue weighted by molar-refractivity contribution is 0.00753. The Morgan fingerprint density at radius 3 is 2.74 bits per heavy atom. The molecule has 6 heteroatoms. The molecule has 0 atom stereocenters. The fourth-order valence-corrected chi connectivity index (χ4v) is 4.48. The first-order chi connectivity index (χ1) is 12.9. The summed E-state index contributed by atoms with van der Waals surface area (Å²) in [4.78, 5) is 22.3. The topological polar surface area (TPSA) is 64.1 Å². The van der Waals surface area contributed by atoms with Crippen LogP contribution in [-0.4, -0.2) is 27.6 Å². The monoisotopic (exact) mass is 383 g/mol. The molecule has 1 fully saturated rings. The Bertz CT molecular complexity index is 984. The van der Waals surface area contributed by atoms with Gasteiger partial charge in [-0.05, 0) is 51.8 Å². The predicted octanol–water partition coefficient (Wildman–Crippen LogP) is 5.54. The van der Waals surface area contributed by atoms with E-state index < -0.39 is 5.60 Å². The van der Waals surface area contributed by atoms with Crippen LogP contribution in [0.25, 0.3) is 21.0 Å². The van der Waals surface area contributed by atoms with Gasteiger partial charge in [-0.15, -0.1) is 11.3 Å². The van der Waals surface area contributed by atoms with Crippen molar-refractivity contribution in [3.63, 3.8) is 0 Å². The lowest BCUT2D eigenvalue weighted by Crippen LogP contribution is -2.23. The van der Waals surface area contributed by atoms with Crippen LogP contribution in [0.4, 0.5) is 5.95 Å². The van der Waals surface area contributed by atoms with Gasteiger partial charge in [0.2, 0.25) is 5.95 Å². The zero-order valence-electron chi connectivity index (χ0n) is 16.0. The molecule has 0 spiro atoms. The second-order valence-corrected chi connectivity index (χ2v) is 9.28. The molecule has 1 aliphatic carbocycles. The summed E-state index contributed by atoms with van der Waals surface area (Å²) in [7, 11) is 0. The van der Waals surface area contributed by atoms with Crippen LogP contribution in [0.15, 0.2) is 24.4 Å². The highest BCUT2D eigenvalue weighted by Gasteiger charge is 2.21. The summed E-state index contributed by atoms with van der Waals surface area (Å²) >= 11 is 1.45. The zero-order chi connectivity index (χ0) is 19.0. The van der Waals surface area contributed by atoms with Gasteiger partial charge in [0.1, 0.15) is 10.5 Å². The third-order valence-electron chi connectivity index (χ3n) is 4.79. The second-order valence-electron chi connectivity index (χ2n) is 8.20. The fraction of sp³-hybridized carbons (Fsp3) is 0.476. The molecule has 2 aromatic heterocycles. The van der Waals surface area contributed by atoms with Gasteiger partial charge in [0.15, 0.2) is 0 Å². The van der Waals surface area contributed by atoms with Crippen molar-refractivity contribution >= 4 is 44.2 Å². The standard InChI is InChI=1S/C21H25N3O2S/c1-21(2,3)26-19(25)17-11-15-16(27-17)10-9-13-12-22-20(24-18(13)15)23-14-7-5-4-6-8-14/h9-12,14H,4-8H2,1-3H3,(H,22,23,24). The lowest BCUT2D eigenvalue weighted by atomic mass is 9.96. The van der Waals surface area contributed by atoms with Crippen LogP contribution in [-0.2, 0) is 4.74 Å². The highest BCUT2D eigenvalue weighted by atomic mass is 32.1. The Kier molecular flexibility index (Phi) is 4.76. The lowest BCUT2D eigenvalue weighted by Gasteiger charge is -2.22. The van der Waals surface area contributed by atoms with Gasteiger partial charge in [0, 0.05) is 27.7 Å². The number of hydrogen-bond donors (Lipinski definition) is 1. The number of ether oxygens (including phenoxy) is 1. The Hall–Kier alpha value is -2.21. The van der Waals surface area contributed by atoms with Crippen molar-refractivity contribution in [3.05, 3.63) is 29.3 Å². The number of hydrogen-bond acceptors (Lipinski definition) is 6. The number of thiophene rings is 1. The van der Waals surface area contributed by atoms with Crippen LogP contribution in [0.2, 0.25) is 0 Å². The van der Waals surface area contributed by atoms with Gasteiger partial charge in [-0.25, -0.2) is 14.8 Å². The SMILES string of the molecule is CC(C)(C)OC(=O)c1cc2c(ccc3cnc(NC4CCCCC4)nc32)s1. The highest BCUT2D eigenvalue weighted by molar-refractivity contribution is 7.20. The quantitative estimate of drug-likeness (QED) is 0.601. The van der Waals surface area contributed by atoms with Crippen LogP contribution in [0.1, 0.15) is 62.5 Å². The Balaban J connectivity index is 1.68. The molecule has 4 rings (SSSR count). The first kappa shape index (κ1) is 18.2. The van der Waals surface area contributed by atoms with Gasteiger partial charge >= 0.3 is 5.97 Å². The minimum absolute atomic E-state index is 0.286. The van der Waals surface area contributed by atoms with E-state index in [1.807, 2.05) is 45.2 Å². The maximum atomic E-state index is 12.4. The molecule has 5 nitrogen and oxygen atoms in total. The molecule has 1 aromatic carbocycles. The largest absolute Gasteiger partial charge is 0.456 e. The first-order valence-electron chi connectivity index (χ1n) is 9.58. The summed E-state index contributed by atoms with van der Waals surface area (Å²) < 4.78 is 6.55. The Labute approximate surface area is 163 Å². The number of nitrogens with one attached hydrogen (secondary N) is 1. The summed E-state index contributed by atoms with van der Waals surface area (Å²) in [5.41, 5.74) is 0.376. The number of aromatic nitrogens is 2. The molecular weight excluding hydrogens is 358 g/mol. The first-order valence-corrected chi connectivity index (χ1v) is 10.4. The van der Waals surface area contributed by atoms with Crippen molar-refractivity contribution < 1.29 is 9.53 Å². The molecule has 0 bridgehead atoms. The number of benzene rings is 1. The van der Waals surface area contributed by atoms with Crippen molar-refractivity contribution in [2.24, 2.45) is 0 Å². The molecule has 2 heterocycles. The van der Waals surface area contributed by atoms with Crippen molar-refractivity contribution in [2.45, 2.75) is 64.5 Å². The van der Waals surface area contributed by atoms with E-state index in [9.17, 15) is 4.79 Å². The molecule has 0 unspecified atom stereocenters. The summed E-state index contributed by atoms with van der Waals surface area (Å²) in [6, 6.07) is 6.38. The average Bonchev–Trinajstić information content (AvgIpc) is 3.06. The smallest absolute Gasteiger partial charge is 0.348 e. The summed E-state index contributed by atoms with van der Waals surface area (Å²) in [5, 5.41) is 5.44. The van der Waals surface area contributed by atoms with Gasteiger partial charge in [-0.3, -0.25) is 0 Å². The van der Waals surface area contributed by atoms with Crippen LogP contribution in [0.3, 0.4) is 0 Å². The third-order valence-corrected chi connectivity index (χ3v) is 5.87. The minimum Gasteiger partial charge on any atom is -0.456 e. The van der Waals surface area contributed by atoms with Crippen molar-refractivity contribution in [2.75, 3.05) is 5.32 Å². The van der Waals surface area contributed by atoms with Crippen LogP contribution < -0.4 is 5.32 Å². The van der Waals surface area contributed by atoms with Gasteiger partial charge in [0.05, 0.1) is 5.52 Å². The molecule has 1 N–H and O–H groups in total. The number of esters is 1. The van der Waals surface area contributed by atoms with Crippen LogP contribution in [0, 0.1) is 0 Å². The molecule has 142 valence electrons.